The number of halogens is 1. The van der Waals surface area contributed by atoms with Gasteiger partial charge in [0.15, 0.2) is 0 Å². The lowest BCUT2D eigenvalue weighted by molar-refractivity contribution is -0.124. The summed E-state index contributed by atoms with van der Waals surface area (Å²) >= 11 is 0. The first-order valence-electron chi connectivity index (χ1n) is 10.0. The van der Waals surface area contributed by atoms with Gasteiger partial charge in [-0.15, -0.1) is 0 Å². The summed E-state index contributed by atoms with van der Waals surface area (Å²) < 4.78 is 13.0. The molecule has 29 heavy (non-hydrogen) atoms. The van der Waals surface area contributed by atoms with E-state index in [2.05, 4.69) is 21.5 Å². The van der Waals surface area contributed by atoms with E-state index in [1.165, 1.54) is 37.1 Å². The third kappa shape index (κ3) is 4.63. The molecule has 2 aromatic rings. The van der Waals surface area contributed by atoms with E-state index in [9.17, 15) is 14.0 Å². The minimum absolute atomic E-state index is 0.00680. The maximum absolute atomic E-state index is 13.0. The highest BCUT2D eigenvalue weighted by Gasteiger charge is 2.40. The van der Waals surface area contributed by atoms with Gasteiger partial charge in [0.05, 0.1) is 0 Å². The van der Waals surface area contributed by atoms with Gasteiger partial charge >= 0.3 is 0 Å². The predicted octanol–water partition coefficient (Wildman–Crippen LogP) is 2.73. The Morgan fingerprint density at radius 3 is 2.66 bits per heavy atom. The fourth-order valence-corrected chi connectivity index (χ4v) is 4.16. The van der Waals surface area contributed by atoms with Crippen molar-refractivity contribution in [1.29, 1.82) is 0 Å². The van der Waals surface area contributed by atoms with Gasteiger partial charge in [0.25, 0.3) is 5.91 Å². The summed E-state index contributed by atoms with van der Waals surface area (Å²) in [5, 5.41) is 5.80. The number of carbonyl (C=O) groups excluding carboxylic acids is 2. The standard InChI is InChI=1S/C22H25FN4O2/c23-16-10-8-15(9-11-16)21(28)25-17-5-3-4-14(12-17)13-24-22(29)20-18-6-1-2-7-19(18)26-27-20/h3-5,8-12,18-20,26-27H,1-2,6-7,13H2,(H,24,29)(H,25,28). The smallest absolute Gasteiger partial charge is 0.255 e. The highest BCUT2D eigenvalue weighted by molar-refractivity contribution is 6.04. The van der Waals surface area contributed by atoms with Crippen LogP contribution < -0.4 is 21.5 Å². The quantitative estimate of drug-likeness (QED) is 0.626. The number of hydrazine groups is 1. The van der Waals surface area contributed by atoms with Crippen molar-refractivity contribution in [2.24, 2.45) is 5.92 Å². The van der Waals surface area contributed by atoms with Gasteiger partial charge in [0.1, 0.15) is 11.9 Å². The molecule has 1 aliphatic carbocycles. The molecular weight excluding hydrogens is 371 g/mol. The highest BCUT2D eigenvalue weighted by atomic mass is 19.1. The minimum Gasteiger partial charge on any atom is -0.351 e. The van der Waals surface area contributed by atoms with Crippen molar-refractivity contribution >= 4 is 17.5 Å². The fourth-order valence-electron chi connectivity index (χ4n) is 4.16. The molecule has 3 unspecified atom stereocenters. The Morgan fingerprint density at radius 1 is 1.03 bits per heavy atom. The molecule has 1 heterocycles. The second-order valence-electron chi connectivity index (χ2n) is 7.70. The lowest BCUT2D eigenvalue weighted by Gasteiger charge is -2.26. The first-order chi connectivity index (χ1) is 14.1. The Labute approximate surface area is 169 Å². The molecule has 3 atom stereocenters. The Bertz CT molecular complexity index is 887. The van der Waals surface area contributed by atoms with E-state index in [0.29, 0.717) is 29.8 Å². The number of fused-ring (bicyclic) bond motifs is 1. The molecule has 1 aliphatic heterocycles. The van der Waals surface area contributed by atoms with E-state index in [-0.39, 0.29) is 23.7 Å². The zero-order valence-electron chi connectivity index (χ0n) is 16.1. The van der Waals surface area contributed by atoms with Crippen molar-refractivity contribution in [3.05, 3.63) is 65.5 Å². The van der Waals surface area contributed by atoms with Crippen LogP contribution in [0.5, 0.6) is 0 Å². The van der Waals surface area contributed by atoms with Crippen LogP contribution in [-0.2, 0) is 11.3 Å². The van der Waals surface area contributed by atoms with Crippen molar-refractivity contribution < 1.29 is 14.0 Å². The molecule has 0 spiro atoms. The predicted molar refractivity (Wildman–Crippen MR) is 108 cm³/mol. The van der Waals surface area contributed by atoms with Crippen molar-refractivity contribution in [2.75, 3.05) is 5.32 Å². The van der Waals surface area contributed by atoms with Crippen molar-refractivity contribution in [1.82, 2.24) is 16.2 Å². The third-order valence-corrected chi connectivity index (χ3v) is 5.71. The molecule has 1 saturated heterocycles. The number of carbonyl (C=O) groups is 2. The molecule has 152 valence electrons. The van der Waals surface area contributed by atoms with Gasteiger partial charge in [-0.05, 0) is 54.8 Å². The molecule has 7 heteroatoms. The first kappa shape index (κ1) is 19.5. The van der Waals surface area contributed by atoms with Gasteiger partial charge in [-0.1, -0.05) is 25.0 Å². The molecule has 4 N–H and O–H groups in total. The maximum atomic E-state index is 13.0. The third-order valence-electron chi connectivity index (χ3n) is 5.71. The highest BCUT2D eigenvalue weighted by Crippen LogP contribution is 2.30. The minimum atomic E-state index is -0.384. The number of hydrogen-bond acceptors (Lipinski definition) is 4. The van der Waals surface area contributed by atoms with Gasteiger partial charge in [0, 0.05) is 29.8 Å². The van der Waals surface area contributed by atoms with Crippen molar-refractivity contribution in [3.8, 4) is 0 Å². The Balaban J connectivity index is 1.33. The first-order valence-corrected chi connectivity index (χ1v) is 10.0. The van der Waals surface area contributed by atoms with Crippen LogP contribution in [0.25, 0.3) is 0 Å². The molecule has 2 aromatic carbocycles. The lowest BCUT2D eigenvalue weighted by atomic mass is 9.81. The van der Waals surface area contributed by atoms with Crippen LogP contribution in [0, 0.1) is 11.7 Å². The normalized spacial score (nSPS) is 23.3. The molecule has 2 fully saturated rings. The summed E-state index contributed by atoms with van der Waals surface area (Å²) in [4.78, 5) is 24.9. The van der Waals surface area contributed by atoms with Gasteiger partial charge in [0.2, 0.25) is 5.91 Å². The summed E-state index contributed by atoms with van der Waals surface area (Å²) in [6, 6.07) is 12.9. The maximum Gasteiger partial charge on any atom is 0.255 e. The van der Waals surface area contributed by atoms with Crippen LogP contribution in [0.2, 0.25) is 0 Å². The lowest BCUT2D eigenvalue weighted by Crippen LogP contribution is -2.45. The van der Waals surface area contributed by atoms with Crippen LogP contribution in [0.4, 0.5) is 10.1 Å². The van der Waals surface area contributed by atoms with Gasteiger partial charge < -0.3 is 10.6 Å². The largest absolute Gasteiger partial charge is 0.351 e. The monoisotopic (exact) mass is 396 g/mol. The van der Waals surface area contributed by atoms with Gasteiger partial charge in [-0.2, -0.15) is 0 Å². The average molecular weight is 396 g/mol. The van der Waals surface area contributed by atoms with Crippen molar-refractivity contribution in [2.45, 2.75) is 44.3 Å². The molecule has 2 amide bonds. The molecule has 0 radical (unpaired) electrons. The number of nitrogens with one attached hydrogen (secondary N) is 4. The number of anilines is 1. The zero-order chi connectivity index (χ0) is 20.2. The van der Waals surface area contributed by atoms with Crippen molar-refractivity contribution in [3.63, 3.8) is 0 Å². The average Bonchev–Trinajstić information content (AvgIpc) is 3.17. The summed E-state index contributed by atoms with van der Waals surface area (Å²) in [5.41, 5.74) is 8.30. The number of benzene rings is 2. The Kier molecular flexibility index (Phi) is 5.87. The van der Waals surface area contributed by atoms with Crippen LogP contribution in [0.3, 0.4) is 0 Å². The SMILES string of the molecule is O=C(Nc1cccc(CNC(=O)C2NNC3CCCCC32)c1)c1ccc(F)cc1. The van der Waals surface area contributed by atoms with Gasteiger partial charge in [-0.25, -0.2) is 9.82 Å². The van der Waals surface area contributed by atoms with E-state index < -0.39 is 0 Å². The molecule has 4 rings (SSSR count). The van der Waals surface area contributed by atoms with E-state index in [4.69, 9.17) is 0 Å². The number of rotatable bonds is 5. The topological polar surface area (TPSA) is 82.3 Å². The summed E-state index contributed by atoms with van der Waals surface area (Å²) in [6.07, 6.45) is 4.55. The summed E-state index contributed by atoms with van der Waals surface area (Å²) in [5.74, 6) is -0.362. The molecule has 6 nitrogen and oxygen atoms in total. The summed E-state index contributed by atoms with van der Waals surface area (Å²) in [6.45, 7) is 0.384. The van der Waals surface area contributed by atoms with E-state index >= 15 is 0 Å². The second-order valence-corrected chi connectivity index (χ2v) is 7.70. The Morgan fingerprint density at radius 2 is 1.83 bits per heavy atom. The van der Waals surface area contributed by atoms with Crippen LogP contribution in [-0.4, -0.2) is 23.9 Å². The zero-order valence-corrected chi connectivity index (χ0v) is 16.1. The van der Waals surface area contributed by atoms with E-state index in [0.717, 1.165) is 18.4 Å². The van der Waals surface area contributed by atoms with E-state index in [1.54, 1.807) is 6.07 Å². The van der Waals surface area contributed by atoms with Crippen LogP contribution >= 0.6 is 0 Å². The number of amides is 2. The molecular formula is C22H25FN4O2. The number of hydrogen-bond donors (Lipinski definition) is 4. The van der Waals surface area contributed by atoms with Gasteiger partial charge in [-0.3, -0.25) is 15.0 Å². The van der Waals surface area contributed by atoms with Crippen LogP contribution in [0.15, 0.2) is 48.5 Å². The second kappa shape index (κ2) is 8.71. The van der Waals surface area contributed by atoms with E-state index in [1.807, 2.05) is 18.2 Å². The molecule has 0 aromatic heterocycles. The molecule has 0 bridgehead atoms. The Hall–Kier alpha value is -2.77. The molecule has 2 aliphatic rings. The summed E-state index contributed by atoms with van der Waals surface area (Å²) in [7, 11) is 0. The van der Waals surface area contributed by atoms with Crippen LogP contribution in [0.1, 0.15) is 41.6 Å². The fraction of sp³-hybridized carbons (Fsp3) is 0.364. The molecule has 1 saturated carbocycles.